The van der Waals surface area contributed by atoms with Crippen molar-refractivity contribution >= 4 is 58.0 Å². The van der Waals surface area contributed by atoms with Gasteiger partial charge in [-0.1, -0.05) is 58.5 Å². The van der Waals surface area contributed by atoms with Crippen molar-refractivity contribution in [3.05, 3.63) is 96.3 Å². The normalized spacial score (nSPS) is 10.7. The summed E-state index contributed by atoms with van der Waals surface area (Å²) in [4.78, 5) is 24.9. The van der Waals surface area contributed by atoms with Crippen molar-refractivity contribution in [2.24, 2.45) is 0 Å². The quantitative estimate of drug-likeness (QED) is 0.435. The van der Waals surface area contributed by atoms with Crippen LogP contribution in [-0.4, -0.2) is 17.0 Å². The van der Waals surface area contributed by atoms with E-state index in [2.05, 4.69) is 10.6 Å². The van der Waals surface area contributed by atoms with Gasteiger partial charge in [0.15, 0.2) is 0 Å². The number of benzene rings is 2. The first-order valence-corrected chi connectivity index (χ1v) is 10.9. The molecule has 5 nitrogen and oxygen atoms in total. The van der Waals surface area contributed by atoms with Crippen molar-refractivity contribution in [3.8, 4) is 0 Å². The molecule has 1 heterocycles. The maximum atomic E-state index is 12.7. The van der Waals surface area contributed by atoms with Crippen molar-refractivity contribution in [2.45, 2.75) is 19.5 Å². The maximum absolute atomic E-state index is 12.7. The second-order valence-corrected chi connectivity index (χ2v) is 8.45. The summed E-state index contributed by atoms with van der Waals surface area (Å²) >= 11 is 24.0. The van der Waals surface area contributed by atoms with Gasteiger partial charge in [0.2, 0.25) is 5.91 Å². The minimum Gasteiger partial charge on any atom is -0.377 e. The summed E-state index contributed by atoms with van der Waals surface area (Å²) in [5.41, 5.74) is 1.85. The maximum Gasteiger partial charge on any atom is 0.274 e. The van der Waals surface area contributed by atoms with Gasteiger partial charge in [0, 0.05) is 29.3 Å². The topological polar surface area (TPSA) is 63.1 Å². The first-order valence-electron chi connectivity index (χ1n) is 9.41. The predicted molar refractivity (Wildman–Crippen MR) is 128 cm³/mol. The SMILES string of the molecule is O=C(Cn1cccc(NCc2ccc(Cl)c(Cl)c2)c1=O)NCCc1ccc(Cl)cc1Cl. The Balaban J connectivity index is 1.55. The minimum atomic E-state index is -0.293. The highest BCUT2D eigenvalue weighted by molar-refractivity contribution is 6.42. The van der Waals surface area contributed by atoms with Crippen LogP contribution in [0.3, 0.4) is 0 Å². The van der Waals surface area contributed by atoms with Crippen LogP contribution in [0.25, 0.3) is 0 Å². The van der Waals surface area contributed by atoms with Gasteiger partial charge in [0.05, 0.1) is 10.0 Å². The van der Waals surface area contributed by atoms with Gasteiger partial charge in [0.1, 0.15) is 12.2 Å². The first-order chi connectivity index (χ1) is 14.8. The van der Waals surface area contributed by atoms with E-state index >= 15 is 0 Å². The highest BCUT2D eigenvalue weighted by Gasteiger charge is 2.09. The van der Waals surface area contributed by atoms with Gasteiger partial charge in [-0.2, -0.15) is 0 Å². The summed E-state index contributed by atoms with van der Waals surface area (Å²) in [6.07, 6.45) is 2.13. The molecule has 31 heavy (non-hydrogen) atoms. The van der Waals surface area contributed by atoms with E-state index in [9.17, 15) is 9.59 Å². The van der Waals surface area contributed by atoms with Gasteiger partial charge in [-0.25, -0.2) is 0 Å². The lowest BCUT2D eigenvalue weighted by atomic mass is 10.1. The average molecular weight is 499 g/mol. The summed E-state index contributed by atoms with van der Waals surface area (Å²) in [7, 11) is 0. The Kier molecular flexibility index (Phi) is 8.27. The van der Waals surface area contributed by atoms with Crippen LogP contribution in [0.2, 0.25) is 20.1 Å². The van der Waals surface area contributed by atoms with Crippen LogP contribution < -0.4 is 16.2 Å². The van der Waals surface area contributed by atoms with E-state index in [4.69, 9.17) is 46.4 Å². The minimum absolute atomic E-state index is 0.0878. The lowest BCUT2D eigenvalue weighted by Crippen LogP contribution is -2.33. The molecule has 0 aliphatic heterocycles. The van der Waals surface area contributed by atoms with Crippen molar-refractivity contribution in [1.82, 2.24) is 9.88 Å². The molecule has 1 amide bonds. The van der Waals surface area contributed by atoms with Crippen molar-refractivity contribution < 1.29 is 4.79 Å². The number of hydrogen-bond acceptors (Lipinski definition) is 3. The summed E-state index contributed by atoms with van der Waals surface area (Å²) < 4.78 is 1.35. The lowest BCUT2D eigenvalue weighted by Gasteiger charge is -2.11. The largest absolute Gasteiger partial charge is 0.377 e. The number of rotatable bonds is 8. The molecule has 0 aliphatic rings. The highest BCUT2D eigenvalue weighted by atomic mass is 35.5. The molecule has 0 saturated heterocycles. The zero-order valence-corrected chi connectivity index (χ0v) is 19.3. The van der Waals surface area contributed by atoms with Gasteiger partial charge < -0.3 is 15.2 Å². The van der Waals surface area contributed by atoms with Gasteiger partial charge in [-0.3, -0.25) is 9.59 Å². The Morgan fingerprint density at radius 2 is 1.74 bits per heavy atom. The number of halogens is 4. The van der Waals surface area contributed by atoms with E-state index in [1.54, 1.807) is 42.6 Å². The summed E-state index contributed by atoms with van der Waals surface area (Å²) in [6, 6.07) is 13.9. The van der Waals surface area contributed by atoms with Crippen LogP contribution in [0.5, 0.6) is 0 Å². The van der Waals surface area contributed by atoms with Crippen LogP contribution >= 0.6 is 46.4 Å². The molecule has 0 bridgehead atoms. The van der Waals surface area contributed by atoms with Crippen LogP contribution in [0.4, 0.5) is 5.69 Å². The smallest absolute Gasteiger partial charge is 0.274 e. The Bertz CT molecular complexity index is 1150. The number of carbonyl (C=O) groups excluding carboxylic acids is 1. The number of nitrogens with one attached hydrogen (secondary N) is 2. The van der Waals surface area contributed by atoms with E-state index in [1.807, 2.05) is 12.1 Å². The average Bonchev–Trinajstić information content (AvgIpc) is 2.73. The van der Waals surface area contributed by atoms with E-state index in [-0.39, 0.29) is 18.0 Å². The van der Waals surface area contributed by atoms with Gasteiger partial charge in [-0.05, 0) is 53.9 Å². The molecule has 0 spiro atoms. The second kappa shape index (κ2) is 10.9. The molecule has 3 rings (SSSR count). The van der Waals surface area contributed by atoms with E-state index in [0.717, 1.165) is 11.1 Å². The molecule has 3 aromatic rings. The monoisotopic (exact) mass is 497 g/mol. The Hall–Kier alpha value is -2.18. The fourth-order valence-corrected chi connectivity index (χ4v) is 3.74. The molecule has 0 radical (unpaired) electrons. The van der Waals surface area contributed by atoms with E-state index in [0.29, 0.717) is 45.3 Å². The summed E-state index contributed by atoms with van der Waals surface area (Å²) in [5, 5.41) is 7.90. The van der Waals surface area contributed by atoms with Crippen molar-refractivity contribution in [2.75, 3.05) is 11.9 Å². The van der Waals surface area contributed by atoms with Crippen molar-refractivity contribution in [3.63, 3.8) is 0 Å². The molecular weight excluding hydrogens is 480 g/mol. The highest BCUT2D eigenvalue weighted by Crippen LogP contribution is 2.23. The van der Waals surface area contributed by atoms with Gasteiger partial charge in [-0.15, -0.1) is 0 Å². The number of amides is 1. The fourth-order valence-electron chi connectivity index (χ4n) is 2.91. The van der Waals surface area contributed by atoms with E-state index < -0.39 is 0 Å². The standard InChI is InChI=1S/C22H19Cl4N3O2/c23-16-5-4-15(18(25)11-16)7-8-27-21(30)13-29-9-1-2-20(22(29)31)28-12-14-3-6-17(24)19(26)10-14/h1-6,9-11,28H,7-8,12-13H2,(H,27,30). The molecule has 0 atom stereocenters. The van der Waals surface area contributed by atoms with Gasteiger partial charge in [0.25, 0.3) is 5.56 Å². The van der Waals surface area contributed by atoms with E-state index in [1.165, 1.54) is 4.57 Å². The predicted octanol–water partition coefficient (Wildman–Crippen LogP) is 5.43. The Morgan fingerprint density at radius 1 is 0.935 bits per heavy atom. The number of nitrogens with zero attached hydrogens (tertiary/aromatic N) is 1. The second-order valence-electron chi connectivity index (χ2n) is 6.79. The van der Waals surface area contributed by atoms with Crippen molar-refractivity contribution in [1.29, 1.82) is 0 Å². The molecular formula is C22H19Cl4N3O2. The fraction of sp³-hybridized carbons (Fsp3) is 0.182. The molecule has 0 aliphatic carbocycles. The molecule has 1 aromatic heterocycles. The Labute approximate surface area is 199 Å². The van der Waals surface area contributed by atoms with Crippen LogP contribution in [0.15, 0.2) is 59.5 Å². The number of anilines is 1. The molecule has 0 unspecified atom stereocenters. The zero-order valence-electron chi connectivity index (χ0n) is 16.3. The van der Waals surface area contributed by atoms with Gasteiger partial charge >= 0.3 is 0 Å². The van der Waals surface area contributed by atoms with Crippen LogP contribution in [0.1, 0.15) is 11.1 Å². The molecule has 2 aromatic carbocycles. The molecule has 2 N–H and O–H groups in total. The van der Waals surface area contributed by atoms with Crippen LogP contribution in [-0.2, 0) is 24.3 Å². The Morgan fingerprint density at radius 3 is 2.48 bits per heavy atom. The first kappa shape index (κ1) is 23.5. The number of carbonyl (C=O) groups is 1. The molecule has 9 heteroatoms. The number of aromatic nitrogens is 1. The molecule has 162 valence electrons. The third kappa shape index (κ3) is 6.65. The number of pyridine rings is 1. The summed E-state index contributed by atoms with van der Waals surface area (Å²) in [5.74, 6) is -0.270. The molecule has 0 saturated carbocycles. The molecule has 0 fully saturated rings. The lowest BCUT2D eigenvalue weighted by molar-refractivity contribution is -0.121. The third-order valence-corrected chi connectivity index (χ3v) is 5.86. The van der Waals surface area contributed by atoms with Crippen LogP contribution in [0, 0.1) is 0 Å². The zero-order chi connectivity index (χ0) is 22.4. The summed E-state index contributed by atoms with van der Waals surface area (Å²) in [6.45, 7) is 0.698. The third-order valence-electron chi connectivity index (χ3n) is 4.53. The number of hydrogen-bond donors (Lipinski definition) is 2.